The number of nitrogens with zero attached hydrogens (tertiary/aromatic N) is 1. The highest BCUT2D eigenvalue weighted by molar-refractivity contribution is 5.90. The van der Waals surface area contributed by atoms with Gasteiger partial charge in [-0.15, -0.1) is 0 Å². The maximum Gasteiger partial charge on any atom is 0.337 e. The lowest BCUT2D eigenvalue weighted by Crippen LogP contribution is -2.41. The van der Waals surface area contributed by atoms with E-state index in [1.165, 1.54) is 23.8 Å². The fourth-order valence-electron chi connectivity index (χ4n) is 6.73. The zero-order valence-electron chi connectivity index (χ0n) is 26.3. The van der Waals surface area contributed by atoms with Gasteiger partial charge in [-0.05, 0) is 88.4 Å². The number of esters is 1. The number of methoxy groups -OCH3 is 1. The molecule has 0 aromatic heterocycles. The summed E-state index contributed by atoms with van der Waals surface area (Å²) in [5.41, 5.74) is 7.78. The molecule has 0 saturated heterocycles. The minimum atomic E-state index is -0.980. The van der Waals surface area contributed by atoms with Crippen LogP contribution >= 0.6 is 0 Å². The largest absolute Gasteiger partial charge is 0.478 e. The molecule has 0 bridgehead atoms. The fourth-order valence-corrected chi connectivity index (χ4v) is 6.73. The predicted molar refractivity (Wildman–Crippen MR) is 182 cm³/mol. The van der Waals surface area contributed by atoms with Gasteiger partial charge in [-0.2, -0.15) is 0 Å². The fraction of sp³-hybridized carbons (Fsp3) is 0.195. The number of hydrogen-bond acceptors (Lipinski definition) is 4. The van der Waals surface area contributed by atoms with E-state index in [-0.39, 0.29) is 29.9 Å². The first kappa shape index (κ1) is 31.5. The number of carbonyl (C=O) groups excluding carboxylic acids is 2. The molecule has 1 aliphatic carbocycles. The number of ether oxygens (including phenoxy) is 1. The number of fused-ring (bicyclic) bond motifs is 1. The zero-order chi connectivity index (χ0) is 32.8. The van der Waals surface area contributed by atoms with Gasteiger partial charge in [-0.25, -0.2) is 9.59 Å². The van der Waals surface area contributed by atoms with Crippen LogP contribution in [0, 0.1) is 5.92 Å². The van der Waals surface area contributed by atoms with Crippen molar-refractivity contribution in [3.63, 3.8) is 0 Å². The Morgan fingerprint density at radius 3 is 2.15 bits per heavy atom. The van der Waals surface area contributed by atoms with Crippen LogP contribution in [0.25, 0.3) is 11.1 Å². The van der Waals surface area contributed by atoms with E-state index >= 15 is 0 Å². The molecule has 1 amide bonds. The third-order valence-electron chi connectivity index (χ3n) is 9.05. The van der Waals surface area contributed by atoms with Crippen LogP contribution in [-0.2, 0) is 35.3 Å². The Kier molecular flexibility index (Phi) is 9.58. The number of carboxylic acid groups (broad SMARTS) is 1. The van der Waals surface area contributed by atoms with Gasteiger partial charge in [-0.3, -0.25) is 4.79 Å². The summed E-state index contributed by atoms with van der Waals surface area (Å²) in [6, 6.07) is 40.6. The van der Waals surface area contributed by atoms with Crippen LogP contribution in [-0.4, -0.2) is 35.0 Å². The van der Waals surface area contributed by atoms with Gasteiger partial charge in [0, 0.05) is 6.54 Å². The number of aromatic carboxylic acids is 1. The van der Waals surface area contributed by atoms with Crippen LogP contribution in [0.3, 0.4) is 0 Å². The molecular weight excluding hydrogens is 586 g/mol. The molecule has 2 atom stereocenters. The van der Waals surface area contributed by atoms with Crippen LogP contribution in [0.5, 0.6) is 0 Å². The number of hydrogen-bond donors (Lipinski definition) is 1. The molecule has 1 aliphatic rings. The highest BCUT2D eigenvalue weighted by Gasteiger charge is 2.36. The van der Waals surface area contributed by atoms with E-state index in [1.54, 1.807) is 30.3 Å². The Balaban J connectivity index is 1.37. The normalized spacial score (nSPS) is 15.3. The maximum absolute atomic E-state index is 14.6. The Morgan fingerprint density at radius 2 is 1.40 bits per heavy atom. The molecule has 6 nitrogen and oxygen atoms in total. The van der Waals surface area contributed by atoms with Crippen molar-refractivity contribution in [2.24, 2.45) is 5.92 Å². The second-order valence-corrected chi connectivity index (χ2v) is 12.1. The Hall–Kier alpha value is -5.49. The van der Waals surface area contributed by atoms with E-state index in [1.807, 2.05) is 53.4 Å². The van der Waals surface area contributed by atoms with E-state index in [0.29, 0.717) is 12.1 Å². The molecule has 0 fully saturated rings. The highest BCUT2D eigenvalue weighted by atomic mass is 16.5. The SMILES string of the molecule is COC(=O)c1ccc(CN(C(=O)Cc2cccc(-c3cccc(C(=O)O)c3)c2)C2c3ccccc3CCC2Cc2ccccc2)cc1. The average Bonchev–Trinajstić information content (AvgIpc) is 3.11. The number of aryl methyl sites for hydroxylation is 1. The third-order valence-corrected chi connectivity index (χ3v) is 9.05. The van der Waals surface area contributed by atoms with E-state index in [4.69, 9.17) is 4.74 Å². The number of carboxylic acids is 1. The standard InChI is InChI=1S/C41H37NO5/c1-47-41(46)32-19-17-29(18-20-32)27-42(38(43)25-30-11-7-13-33(24-30)34-14-8-15-36(26-34)40(44)45)39-35(23-28-9-3-2-4-10-28)22-21-31-12-5-6-16-37(31)39/h2-20,24,26,35,39H,21-23,25,27H2,1H3,(H,44,45). The van der Waals surface area contributed by atoms with E-state index in [0.717, 1.165) is 41.5 Å². The molecule has 0 spiro atoms. The van der Waals surface area contributed by atoms with Crippen molar-refractivity contribution in [3.8, 4) is 11.1 Å². The van der Waals surface area contributed by atoms with Crippen LogP contribution < -0.4 is 0 Å². The summed E-state index contributed by atoms with van der Waals surface area (Å²) in [6.45, 7) is 0.380. The van der Waals surface area contributed by atoms with Crippen LogP contribution in [0.15, 0.2) is 127 Å². The topological polar surface area (TPSA) is 83.9 Å². The van der Waals surface area contributed by atoms with Crippen LogP contribution in [0.4, 0.5) is 0 Å². The van der Waals surface area contributed by atoms with Crippen molar-refractivity contribution < 1.29 is 24.2 Å². The molecule has 236 valence electrons. The third kappa shape index (κ3) is 7.33. The maximum atomic E-state index is 14.6. The van der Waals surface area contributed by atoms with Gasteiger partial charge in [0.2, 0.25) is 5.91 Å². The zero-order valence-corrected chi connectivity index (χ0v) is 26.3. The summed E-state index contributed by atoms with van der Waals surface area (Å²) in [6.07, 6.45) is 2.94. The second-order valence-electron chi connectivity index (χ2n) is 12.1. The summed E-state index contributed by atoms with van der Waals surface area (Å²) in [5.74, 6) is -1.18. The minimum absolute atomic E-state index is 0.00162. The summed E-state index contributed by atoms with van der Waals surface area (Å²) in [4.78, 5) is 40.4. The Labute approximate surface area is 275 Å². The highest BCUT2D eigenvalue weighted by Crippen LogP contribution is 2.41. The van der Waals surface area contributed by atoms with Crippen molar-refractivity contribution in [2.45, 2.75) is 38.3 Å². The molecule has 6 heteroatoms. The van der Waals surface area contributed by atoms with Gasteiger partial charge in [0.15, 0.2) is 0 Å². The molecule has 2 unspecified atom stereocenters. The Bertz CT molecular complexity index is 1880. The Morgan fingerprint density at radius 1 is 0.723 bits per heavy atom. The molecule has 1 N–H and O–H groups in total. The lowest BCUT2D eigenvalue weighted by Gasteiger charge is -2.42. The molecule has 47 heavy (non-hydrogen) atoms. The number of amides is 1. The molecule has 6 rings (SSSR count). The monoisotopic (exact) mass is 623 g/mol. The first-order valence-corrected chi connectivity index (χ1v) is 15.9. The smallest absolute Gasteiger partial charge is 0.337 e. The lowest BCUT2D eigenvalue weighted by molar-refractivity contribution is -0.135. The van der Waals surface area contributed by atoms with Gasteiger partial charge in [0.25, 0.3) is 0 Å². The first-order chi connectivity index (χ1) is 22.9. The van der Waals surface area contributed by atoms with Gasteiger partial charge >= 0.3 is 11.9 Å². The lowest BCUT2D eigenvalue weighted by atomic mass is 9.76. The van der Waals surface area contributed by atoms with E-state index < -0.39 is 11.9 Å². The molecule has 5 aromatic rings. The molecule has 0 saturated carbocycles. The van der Waals surface area contributed by atoms with Crippen LogP contribution in [0.2, 0.25) is 0 Å². The van der Waals surface area contributed by atoms with Gasteiger partial charge in [0.1, 0.15) is 0 Å². The van der Waals surface area contributed by atoms with Gasteiger partial charge < -0.3 is 14.7 Å². The second kappa shape index (κ2) is 14.3. The summed E-state index contributed by atoms with van der Waals surface area (Å²) >= 11 is 0. The van der Waals surface area contributed by atoms with Crippen molar-refractivity contribution in [2.75, 3.05) is 7.11 Å². The van der Waals surface area contributed by atoms with Crippen molar-refractivity contribution in [3.05, 3.63) is 166 Å². The van der Waals surface area contributed by atoms with Crippen LogP contribution in [0.1, 0.15) is 61.0 Å². The number of carbonyl (C=O) groups is 3. The summed E-state index contributed by atoms with van der Waals surface area (Å²) in [7, 11) is 1.36. The molecular formula is C41H37NO5. The predicted octanol–water partition coefficient (Wildman–Crippen LogP) is 7.96. The van der Waals surface area contributed by atoms with E-state index in [9.17, 15) is 19.5 Å². The summed E-state index contributed by atoms with van der Waals surface area (Å²) < 4.78 is 4.89. The minimum Gasteiger partial charge on any atom is -0.478 e. The van der Waals surface area contributed by atoms with Crippen molar-refractivity contribution in [1.29, 1.82) is 0 Å². The average molecular weight is 624 g/mol. The molecule has 0 heterocycles. The van der Waals surface area contributed by atoms with Gasteiger partial charge in [-0.1, -0.05) is 103 Å². The van der Waals surface area contributed by atoms with Crippen molar-refractivity contribution >= 4 is 17.8 Å². The first-order valence-electron chi connectivity index (χ1n) is 15.9. The molecule has 0 radical (unpaired) electrons. The summed E-state index contributed by atoms with van der Waals surface area (Å²) in [5, 5.41) is 9.50. The molecule has 0 aliphatic heterocycles. The van der Waals surface area contributed by atoms with E-state index in [2.05, 4.69) is 48.5 Å². The van der Waals surface area contributed by atoms with Crippen molar-refractivity contribution in [1.82, 2.24) is 4.90 Å². The van der Waals surface area contributed by atoms with Gasteiger partial charge in [0.05, 0.1) is 30.7 Å². The molecule has 5 aromatic carbocycles. The number of rotatable bonds is 10. The number of benzene rings is 5. The quantitative estimate of drug-likeness (QED) is 0.160.